The molecule has 3 aromatic rings. The fourth-order valence-electron chi connectivity index (χ4n) is 3.81. The molecule has 0 saturated heterocycles. The zero-order valence-corrected chi connectivity index (χ0v) is 13.2. The summed E-state index contributed by atoms with van der Waals surface area (Å²) in [5.41, 5.74) is 5.38. The Labute approximate surface area is 138 Å². The van der Waals surface area contributed by atoms with E-state index in [1.165, 1.54) is 22.3 Å². The Morgan fingerprint density at radius 3 is 1.61 bits per heavy atom. The van der Waals surface area contributed by atoms with Gasteiger partial charge in [0.2, 0.25) is 0 Å². The summed E-state index contributed by atoms with van der Waals surface area (Å²) >= 11 is 0. The lowest BCUT2D eigenvalue weighted by molar-refractivity contribution is 0.799. The molecule has 4 rings (SSSR count). The van der Waals surface area contributed by atoms with E-state index in [4.69, 9.17) is 0 Å². The van der Waals surface area contributed by atoms with Gasteiger partial charge in [-0.3, -0.25) is 0 Å². The van der Waals surface area contributed by atoms with Gasteiger partial charge in [0.25, 0.3) is 0 Å². The van der Waals surface area contributed by atoms with E-state index in [1.54, 1.807) is 0 Å². The van der Waals surface area contributed by atoms with Gasteiger partial charge in [-0.05, 0) is 34.6 Å². The molecule has 0 heterocycles. The topological polar surface area (TPSA) is 0 Å². The van der Waals surface area contributed by atoms with Crippen LogP contribution in [0.25, 0.3) is 5.57 Å². The van der Waals surface area contributed by atoms with Gasteiger partial charge >= 0.3 is 0 Å². The quantitative estimate of drug-likeness (QED) is 0.579. The van der Waals surface area contributed by atoms with Crippen LogP contribution >= 0.6 is 0 Å². The molecule has 3 aromatic carbocycles. The smallest absolute Gasteiger partial charge is 0.0278 e. The van der Waals surface area contributed by atoms with Gasteiger partial charge in [0.05, 0.1) is 0 Å². The second-order valence-corrected chi connectivity index (χ2v) is 6.35. The van der Waals surface area contributed by atoms with Crippen LogP contribution < -0.4 is 0 Å². The first kappa shape index (κ1) is 14.0. The van der Waals surface area contributed by atoms with Crippen LogP contribution in [0.2, 0.25) is 0 Å². The third kappa shape index (κ3) is 2.31. The molecular weight excluding hydrogens is 276 g/mol. The molecule has 0 bridgehead atoms. The van der Waals surface area contributed by atoms with Crippen molar-refractivity contribution >= 4 is 5.57 Å². The maximum Gasteiger partial charge on any atom is 0.0278 e. The zero-order valence-electron chi connectivity index (χ0n) is 13.2. The molecule has 1 aliphatic rings. The van der Waals surface area contributed by atoms with Crippen LogP contribution in [0, 0.1) is 5.92 Å². The Hall–Kier alpha value is -2.60. The summed E-state index contributed by atoms with van der Waals surface area (Å²) in [6, 6.07) is 32.3. The molecule has 0 heteroatoms. The van der Waals surface area contributed by atoms with E-state index in [1.807, 2.05) is 0 Å². The van der Waals surface area contributed by atoms with Crippen molar-refractivity contribution in [2.75, 3.05) is 0 Å². The summed E-state index contributed by atoms with van der Waals surface area (Å²) in [6.07, 6.45) is 1.13. The van der Waals surface area contributed by atoms with Crippen LogP contribution in [-0.4, -0.2) is 0 Å². The Morgan fingerprint density at radius 1 is 0.696 bits per heavy atom. The van der Waals surface area contributed by atoms with Crippen LogP contribution in [0.1, 0.15) is 23.1 Å². The second kappa shape index (κ2) is 5.55. The molecule has 23 heavy (non-hydrogen) atoms. The highest BCUT2D eigenvalue weighted by Gasteiger charge is 2.57. The Bertz CT molecular complexity index is 761. The normalized spacial score (nSPS) is 18.3. The first-order chi connectivity index (χ1) is 11.3. The molecule has 0 N–H and O–H groups in total. The van der Waals surface area contributed by atoms with Crippen LogP contribution in [0.4, 0.5) is 0 Å². The standard InChI is InChI=1S/C23H20/c1-18(19-11-5-2-6-12-19)22-17-23(22,20-13-7-3-8-14-20)21-15-9-4-10-16-21/h2-16,22H,1,17H2/t22-/m0/s1. The lowest BCUT2D eigenvalue weighted by Crippen LogP contribution is -2.12. The van der Waals surface area contributed by atoms with Gasteiger partial charge in [-0.25, -0.2) is 0 Å². The molecule has 0 radical (unpaired) electrons. The second-order valence-electron chi connectivity index (χ2n) is 6.35. The summed E-state index contributed by atoms with van der Waals surface area (Å²) in [4.78, 5) is 0. The number of hydrogen-bond donors (Lipinski definition) is 0. The average molecular weight is 296 g/mol. The van der Waals surface area contributed by atoms with Crippen molar-refractivity contribution in [2.45, 2.75) is 11.8 Å². The van der Waals surface area contributed by atoms with Crippen molar-refractivity contribution in [3.8, 4) is 0 Å². The minimum Gasteiger partial charge on any atom is -0.0949 e. The molecular formula is C23H20. The third-order valence-corrected chi connectivity index (χ3v) is 5.10. The van der Waals surface area contributed by atoms with Gasteiger partial charge in [0.1, 0.15) is 0 Å². The van der Waals surface area contributed by atoms with E-state index in [2.05, 4.69) is 97.6 Å². The predicted octanol–water partition coefficient (Wildman–Crippen LogP) is 5.71. The largest absolute Gasteiger partial charge is 0.0949 e. The van der Waals surface area contributed by atoms with Crippen molar-refractivity contribution < 1.29 is 0 Å². The van der Waals surface area contributed by atoms with Gasteiger partial charge in [-0.15, -0.1) is 0 Å². The lowest BCUT2D eigenvalue weighted by atomic mass is 9.83. The van der Waals surface area contributed by atoms with Gasteiger partial charge < -0.3 is 0 Å². The Kier molecular flexibility index (Phi) is 3.38. The first-order valence-electron chi connectivity index (χ1n) is 8.17. The highest BCUT2D eigenvalue weighted by Crippen LogP contribution is 2.63. The fourth-order valence-corrected chi connectivity index (χ4v) is 3.81. The van der Waals surface area contributed by atoms with Gasteiger partial charge in [-0.1, -0.05) is 97.6 Å². The third-order valence-electron chi connectivity index (χ3n) is 5.10. The summed E-state index contributed by atoms with van der Waals surface area (Å²) in [5, 5.41) is 0. The van der Waals surface area contributed by atoms with Gasteiger partial charge in [0.15, 0.2) is 0 Å². The molecule has 1 saturated carbocycles. The molecule has 1 fully saturated rings. The number of allylic oxidation sites excluding steroid dienone is 1. The molecule has 0 aliphatic heterocycles. The highest BCUT2D eigenvalue weighted by atomic mass is 14.6. The van der Waals surface area contributed by atoms with E-state index in [-0.39, 0.29) is 5.41 Å². The molecule has 0 nitrogen and oxygen atoms in total. The molecule has 1 aliphatic carbocycles. The van der Waals surface area contributed by atoms with Gasteiger partial charge in [-0.2, -0.15) is 0 Å². The minimum atomic E-state index is 0.0788. The van der Waals surface area contributed by atoms with Crippen molar-refractivity contribution in [3.63, 3.8) is 0 Å². The van der Waals surface area contributed by atoms with Crippen LogP contribution in [0.3, 0.4) is 0 Å². The van der Waals surface area contributed by atoms with Crippen molar-refractivity contribution in [1.29, 1.82) is 0 Å². The minimum absolute atomic E-state index is 0.0788. The van der Waals surface area contributed by atoms with E-state index < -0.39 is 0 Å². The SMILES string of the molecule is C=C(c1ccccc1)[C@@H]1CC1(c1ccccc1)c1ccccc1. The van der Waals surface area contributed by atoms with Crippen molar-refractivity contribution in [2.24, 2.45) is 5.92 Å². The number of rotatable bonds is 4. The molecule has 0 unspecified atom stereocenters. The van der Waals surface area contributed by atoms with Gasteiger partial charge in [0, 0.05) is 5.41 Å². The molecule has 0 spiro atoms. The summed E-state index contributed by atoms with van der Waals surface area (Å²) in [5.74, 6) is 0.467. The van der Waals surface area contributed by atoms with E-state index in [0.29, 0.717) is 5.92 Å². The van der Waals surface area contributed by atoms with E-state index in [9.17, 15) is 0 Å². The van der Waals surface area contributed by atoms with Crippen LogP contribution in [-0.2, 0) is 5.41 Å². The monoisotopic (exact) mass is 296 g/mol. The fraction of sp³-hybridized carbons (Fsp3) is 0.130. The lowest BCUT2D eigenvalue weighted by Gasteiger charge is -2.20. The maximum absolute atomic E-state index is 4.43. The molecule has 0 aromatic heterocycles. The molecule has 0 amide bonds. The Balaban J connectivity index is 1.77. The Morgan fingerprint density at radius 2 is 1.13 bits per heavy atom. The molecule has 1 atom stereocenters. The van der Waals surface area contributed by atoms with E-state index in [0.717, 1.165) is 6.42 Å². The number of hydrogen-bond acceptors (Lipinski definition) is 0. The van der Waals surface area contributed by atoms with Crippen LogP contribution in [0.5, 0.6) is 0 Å². The molecule has 112 valence electrons. The van der Waals surface area contributed by atoms with E-state index >= 15 is 0 Å². The van der Waals surface area contributed by atoms with Crippen molar-refractivity contribution in [1.82, 2.24) is 0 Å². The summed E-state index contributed by atoms with van der Waals surface area (Å²) in [6.45, 7) is 4.43. The van der Waals surface area contributed by atoms with Crippen LogP contribution in [0.15, 0.2) is 97.6 Å². The first-order valence-corrected chi connectivity index (χ1v) is 8.17. The summed E-state index contributed by atoms with van der Waals surface area (Å²) in [7, 11) is 0. The average Bonchev–Trinajstić information content (AvgIpc) is 3.40. The summed E-state index contributed by atoms with van der Waals surface area (Å²) < 4.78 is 0. The maximum atomic E-state index is 4.43. The predicted molar refractivity (Wildman–Crippen MR) is 97.2 cm³/mol. The van der Waals surface area contributed by atoms with Crippen molar-refractivity contribution in [3.05, 3.63) is 114 Å². The zero-order chi connectivity index (χ0) is 15.7. The number of benzene rings is 3. The highest BCUT2D eigenvalue weighted by molar-refractivity contribution is 5.73.